The van der Waals surface area contributed by atoms with Crippen LogP contribution in [0.2, 0.25) is 96.7 Å². The van der Waals surface area contributed by atoms with Gasteiger partial charge in [-0.1, -0.05) is 0 Å². The van der Waals surface area contributed by atoms with Gasteiger partial charge in [0.1, 0.15) is 0 Å². The zero-order chi connectivity index (χ0) is 52.7. The van der Waals surface area contributed by atoms with Gasteiger partial charge in [0.2, 0.25) is 0 Å². The predicted octanol–water partition coefficient (Wildman–Crippen LogP) is 15.6. The van der Waals surface area contributed by atoms with Crippen LogP contribution >= 0.6 is 266 Å². The molecule has 4 aliphatic heterocycles. The van der Waals surface area contributed by atoms with Crippen molar-refractivity contribution in [2.24, 2.45) is 0 Å². The molecule has 53 heteroatoms. The molecule has 69 heavy (non-hydrogen) atoms. The average Bonchev–Trinajstić information content (AvgIpc) is 3.09. The van der Waals surface area contributed by atoms with Crippen LogP contribution < -0.4 is 0 Å². The fourth-order valence-electron chi connectivity index (χ4n) is 6.53. The molecule has 0 aliphatic carbocycles. The Morgan fingerprint density at radius 2 is 0.507 bits per heavy atom. The Balaban J connectivity index is 2.27. The topological polar surface area (TPSA) is 111 Å². The fourth-order valence-corrected chi connectivity index (χ4v) is 89.6. The molecule has 408 valence electrons. The van der Waals surface area contributed by atoms with Gasteiger partial charge in [-0.2, -0.15) is 0 Å². The zero-order valence-corrected chi connectivity index (χ0v) is 70.2. The molecule has 4 aliphatic rings. The minimum atomic E-state index is -4.90. The molecule has 0 aromatic rings. The number of rotatable bonds is 26. The van der Waals surface area contributed by atoms with Crippen LogP contribution in [0.25, 0.3) is 0 Å². The van der Waals surface area contributed by atoms with Crippen LogP contribution in [-0.4, -0.2) is 129 Å². The van der Waals surface area contributed by atoms with Crippen molar-refractivity contribution in [2.75, 3.05) is 0 Å². The van der Waals surface area contributed by atoms with Crippen LogP contribution in [0.15, 0.2) is 0 Å². The molecule has 4 saturated heterocycles. The average molecular weight is 1750 g/mol. The molecular weight excluding hydrogens is 1710 g/mol. The normalized spacial score (nSPS) is 33.9. The first kappa shape index (κ1) is 71.6. The first-order valence-corrected chi connectivity index (χ1v) is 77.7. The van der Waals surface area contributed by atoms with Crippen molar-refractivity contribution >= 4 is 395 Å². The third kappa shape index (κ3) is 26.8. The molecule has 0 saturated carbocycles. The fraction of sp³-hybridized carbons (Fsp3) is 1.00. The molecule has 0 aromatic carbocycles. The Morgan fingerprint density at radius 1 is 0.290 bits per heavy atom. The summed E-state index contributed by atoms with van der Waals surface area (Å²) in [5, 5.41) is 0. The number of hydrogen-bond acceptors (Lipinski definition) is 12. The Hall–Kier alpha value is 10.2. The van der Waals surface area contributed by atoms with Crippen LogP contribution in [0.3, 0.4) is 0 Å². The van der Waals surface area contributed by atoms with E-state index in [1.54, 1.807) is 0 Å². The van der Waals surface area contributed by atoms with Crippen molar-refractivity contribution in [1.82, 2.24) is 0 Å². The molecule has 0 aromatic heterocycles. The number of fused-ring (bicyclic) bond motifs is 4. The second-order valence-corrected chi connectivity index (χ2v) is 115. The van der Waals surface area contributed by atoms with Gasteiger partial charge in [0.05, 0.1) is 0 Å². The molecule has 4 heterocycles. The van der Waals surface area contributed by atoms with Gasteiger partial charge in [-0.15, -0.1) is 266 Å². The van der Waals surface area contributed by atoms with E-state index in [4.69, 9.17) is 315 Å². The largest absolute Gasteiger partial charge is 0.478 e. The van der Waals surface area contributed by atoms with E-state index in [1.165, 1.54) is 0 Å². The third-order valence-electron chi connectivity index (χ3n) is 9.29. The summed E-state index contributed by atoms with van der Waals surface area (Å²) >= 11 is 158. The van der Waals surface area contributed by atoms with Gasteiger partial charge in [-0.25, -0.2) is 0 Å². The molecular formula is C16H36Cl24O12Si17. The Kier molecular flexibility index (Phi) is 28.5. The molecule has 4 rings (SSSR count). The standard InChI is InChI=1S/C16H36Cl24O12Si17/c17-55(18,19)2-1-53-41-63(10-3-56(20,21)22)44-66(13-6-59(29,30)31)46-64(11-4-57(23,24)25)42-54-43-65(12-5-58(26,27)28)47-67(45-63,14-7-60(32,33)34)51-69(50-66,16-9-62(38,39)40)52-68(48-64,49-65)15-8-61(35,36)37/h1-16,53-54H2. The second-order valence-electron chi connectivity index (χ2n) is 15.5. The van der Waals surface area contributed by atoms with Crippen molar-refractivity contribution < 1.29 is 49.4 Å². The Morgan fingerprint density at radius 3 is 0.768 bits per heavy atom. The summed E-state index contributed by atoms with van der Waals surface area (Å²) in [4.78, 5) is 0. The van der Waals surface area contributed by atoms with Crippen molar-refractivity contribution in [1.29, 1.82) is 0 Å². The van der Waals surface area contributed by atoms with Gasteiger partial charge in [0, 0.05) is 42.3 Å². The Bertz CT molecular complexity index is 1640. The van der Waals surface area contributed by atoms with Crippen molar-refractivity contribution in [3.05, 3.63) is 0 Å². The lowest BCUT2D eigenvalue weighted by atomic mass is 11.0. The van der Waals surface area contributed by atoms with E-state index < -0.39 is 129 Å². The van der Waals surface area contributed by atoms with Gasteiger partial charge in [-0.05, 0) is 54.4 Å². The first-order valence-electron chi connectivity index (χ1n) is 19.5. The number of hydrogen-bond donors (Lipinski definition) is 0. The van der Waals surface area contributed by atoms with E-state index in [9.17, 15) is 0 Å². The number of halogens is 24. The lowest BCUT2D eigenvalue weighted by Gasteiger charge is -2.59. The maximum Gasteiger partial charge on any atom is 0.478 e. The summed E-state index contributed by atoms with van der Waals surface area (Å²) in [7, 11) is -37.7. The van der Waals surface area contributed by atoms with Gasteiger partial charge < -0.3 is 49.4 Å². The van der Waals surface area contributed by atoms with Crippen LogP contribution in [-0.2, 0) is 49.4 Å². The smallest absolute Gasteiger partial charge is 0.422 e. The molecule has 4 unspecified atom stereocenters. The highest BCUT2D eigenvalue weighted by molar-refractivity contribution is 7.68. The summed E-state index contributed by atoms with van der Waals surface area (Å²) in [6, 6.07) is -31.1. The van der Waals surface area contributed by atoms with E-state index in [-0.39, 0.29) is 90.7 Å². The van der Waals surface area contributed by atoms with E-state index >= 15 is 0 Å². The highest BCUT2D eigenvalue weighted by atomic mass is 35.9. The van der Waals surface area contributed by atoms with Gasteiger partial charge >= 0.3 is 110 Å². The van der Waals surface area contributed by atoms with Crippen LogP contribution in [0, 0.1) is 0 Å². The van der Waals surface area contributed by atoms with E-state index in [0.717, 1.165) is 0 Å². The summed E-state index contributed by atoms with van der Waals surface area (Å²) < 4.78 is 87.4. The van der Waals surface area contributed by atoms with Crippen LogP contribution in [0.1, 0.15) is 0 Å². The first-order chi connectivity index (χ1) is 30.7. The molecule has 4 fully saturated rings. The van der Waals surface area contributed by atoms with E-state index in [0.29, 0.717) is 6.04 Å². The van der Waals surface area contributed by atoms with Gasteiger partial charge in [0.15, 0.2) is 9.76 Å². The van der Waals surface area contributed by atoms with E-state index in [2.05, 4.69) is 0 Å². The molecule has 12 nitrogen and oxygen atoms in total. The summed E-state index contributed by atoms with van der Waals surface area (Å²) in [5.41, 5.74) is 0. The van der Waals surface area contributed by atoms with Crippen molar-refractivity contribution in [3.63, 3.8) is 0 Å². The van der Waals surface area contributed by atoms with Crippen LogP contribution in [0.4, 0.5) is 0 Å². The summed E-state index contributed by atoms with van der Waals surface area (Å²) in [6.45, 7) is 0. The highest BCUT2D eigenvalue weighted by Crippen LogP contribution is 2.54. The lowest BCUT2D eigenvalue weighted by Crippen LogP contribution is -2.84. The molecule has 0 spiro atoms. The quantitative estimate of drug-likeness (QED) is 0.0467. The van der Waals surface area contributed by atoms with Crippen molar-refractivity contribution in [3.8, 4) is 0 Å². The SMILES string of the molecule is Cl[Si](Cl)(Cl)CC[SiH2]O[Si]1(CC[Si](Cl)(Cl)Cl)O[Si]2(CC[Si](Cl)(Cl)Cl)O[Si]3(CC[Si](Cl)(Cl)Cl)O[SiH2]O[Si]4(CC[Si](Cl)(Cl)Cl)O[Si](CC[Si](Cl)(Cl)Cl)(O1)O[Si](CC[Si](Cl)(Cl)Cl)(O2)O[Si](CC[Si](Cl)(Cl)Cl)(O3)O4. The highest BCUT2D eigenvalue weighted by Gasteiger charge is 2.79. The minimum absolute atomic E-state index is 0.124. The maximum absolute atomic E-state index is 7.47. The summed E-state index contributed by atoms with van der Waals surface area (Å²) in [5.74, 6) is 0. The third-order valence-corrected chi connectivity index (χ3v) is 69.8. The summed E-state index contributed by atoms with van der Waals surface area (Å²) in [6.07, 6.45) is 0. The van der Waals surface area contributed by atoms with Gasteiger partial charge in [0.25, 0.3) is 10.0 Å². The van der Waals surface area contributed by atoms with Crippen molar-refractivity contribution in [2.45, 2.75) is 96.7 Å². The lowest BCUT2D eigenvalue weighted by molar-refractivity contribution is 0.00606. The van der Waals surface area contributed by atoms with Crippen LogP contribution in [0.5, 0.6) is 0 Å². The monoisotopic (exact) mass is 1740 g/mol. The van der Waals surface area contributed by atoms with E-state index in [1.807, 2.05) is 0 Å². The molecule has 0 N–H and O–H groups in total. The molecule has 0 amide bonds. The minimum Gasteiger partial charge on any atom is -0.422 e. The molecule has 6 bridgehead atoms. The zero-order valence-electron chi connectivity index (χ0n) is 34.2. The molecule has 0 radical (unpaired) electrons. The predicted molar refractivity (Wildman–Crippen MR) is 334 cm³/mol. The maximum atomic E-state index is 7.47. The molecule has 4 atom stereocenters. The second kappa shape index (κ2) is 27.5. The van der Waals surface area contributed by atoms with Gasteiger partial charge in [-0.3, -0.25) is 0 Å². The Labute approximate surface area is 533 Å².